The van der Waals surface area contributed by atoms with Crippen LogP contribution in [0.25, 0.3) is 0 Å². The third-order valence-corrected chi connectivity index (χ3v) is 5.95. The summed E-state index contributed by atoms with van der Waals surface area (Å²) >= 11 is 1.93. The van der Waals surface area contributed by atoms with E-state index in [1.807, 2.05) is 18.4 Å². The van der Waals surface area contributed by atoms with Crippen LogP contribution in [0.2, 0.25) is 0 Å². The third kappa shape index (κ3) is 2.65. The monoisotopic (exact) mass is 300 g/mol. The summed E-state index contributed by atoms with van der Waals surface area (Å²) in [5.74, 6) is 0. The number of aromatic nitrogens is 1. The second-order valence-electron chi connectivity index (χ2n) is 5.93. The van der Waals surface area contributed by atoms with Crippen LogP contribution in [0, 0.1) is 0 Å². The summed E-state index contributed by atoms with van der Waals surface area (Å²) in [6.07, 6.45) is 6.15. The third-order valence-electron chi connectivity index (χ3n) is 4.64. The minimum absolute atomic E-state index is 0.168. The predicted molar refractivity (Wildman–Crippen MR) is 89.9 cm³/mol. The maximum absolute atomic E-state index is 5.06. The largest absolute Gasteiger partial charge is 0.315 e. The highest BCUT2D eigenvalue weighted by Crippen LogP contribution is 2.48. The van der Waals surface area contributed by atoms with Gasteiger partial charge in [-0.1, -0.05) is 50.1 Å². The minimum atomic E-state index is 0.168. The molecule has 1 fully saturated rings. The lowest BCUT2D eigenvalue weighted by Gasteiger charge is -2.27. The van der Waals surface area contributed by atoms with Crippen LogP contribution in [-0.4, -0.2) is 12.0 Å². The molecule has 0 atom stereocenters. The summed E-state index contributed by atoms with van der Waals surface area (Å²) < 4.78 is 0. The van der Waals surface area contributed by atoms with E-state index >= 15 is 0 Å². The molecule has 0 radical (unpaired) electrons. The first-order chi connectivity index (χ1) is 10.3. The Labute approximate surface area is 131 Å². The van der Waals surface area contributed by atoms with Crippen LogP contribution in [0.15, 0.2) is 30.3 Å². The molecular formula is C18H24N2S. The second-order valence-corrected chi connectivity index (χ2v) is 7.01. The van der Waals surface area contributed by atoms with Crippen LogP contribution in [-0.2, 0) is 18.4 Å². The standard InChI is InChI=1S/C18H24N2S/c1-3-15-16(13-19-2)21-17(20-15)18(11-7-8-12-18)14-9-5-4-6-10-14/h4-6,9-10,19H,3,7-8,11-13H2,1-2H3. The van der Waals surface area contributed by atoms with E-state index in [0.29, 0.717) is 0 Å². The Balaban J connectivity index is 2.06. The van der Waals surface area contributed by atoms with Crippen LogP contribution in [0.5, 0.6) is 0 Å². The Kier molecular flexibility index (Phi) is 4.41. The molecule has 2 nitrogen and oxygen atoms in total. The average molecular weight is 300 g/mol. The van der Waals surface area contributed by atoms with E-state index in [2.05, 4.69) is 42.6 Å². The first-order valence-corrected chi connectivity index (χ1v) is 8.81. The molecule has 0 bridgehead atoms. The van der Waals surface area contributed by atoms with Crippen LogP contribution < -0.4 is 5.32 Å². The first kappa shape index (κ1) is 14.7. The number of aryl methyl sites for hydroxylation is 1. The minimum Gasteiger partial charge on any atom is -0.315 e. The lowest BCUT2D eigenvalue weighted by Crippen LogP contribution is -2.23. The van der Waals surface area contributed by atoms with Gasteiger partial charge in [-0.15, -0.1) is 11.3 Å². The van der Waals surface area contributed by atoms with Gasteiger partial charge in [-0.25, -0.2) is 4.98 Å². The van der Waals surface area contributed by atoms with E-state index in [0.717, 1.165) is 13.0 Å². The summed E-state index contributed by atoms with van der Waals surface area (Å²) in [6.45, 7) is 3.15. The summed E-state index contributed by atoms with van der Waals surface area (Å²) in [5, 5.41) is 4.63. The van der Waals surface area contributed by atoms with Gasteiger partial charge in [-0.3, -0.25) is 0 Å². The number of hydrogen-bond acceptors (Lipinski definition) is 3. The molecule has 112 valence electrons. The van der Waals surface area contributed by atoms with Gasteiger partial charge in [-0.2, -0.15) is 0 Å². The lowest BCUT2D eigenvalue weighted by molar-refractivity contribution is 0.530. The number of rotatable bonds is 5. The Hall–Kier alpha value is -1.19. The molecule has 21 heavy (non-hydrogen) atoms. The van der Waals surface area contributed by atoms with Crippen molar-refractivity contribution in [1.29, 1.82) is 0 Å². The average Bonchev–Trinajstić information content (AvgIpc) is 3.16. The van der Waals surface area contributed by atoms with Crippen molar-refractivity contribution in [2.24, 2.45) is 0 Å². The number of nitrogens with one attached hydrogen (secondary N) is 1. The molecule has 1 N–H and O–H groups in total. The Morgan fingerprint density at radius 3 is 2.52 bits per heavy atom. The van der Waals surface area contributed by atoms with Gasteiger partial charge in [-0.05, 0) is 31.9 Å². The lowest BCUT2D eigenvalue weighted by atomic mass is 9.79. The van der Waals surface area contributed by atoms with E-state index in [1.54, 1.807) is 0 Å². The highest BCUT2D eigenvalue weighted by atomic mass is 32.1. The van der Waals surface area contributed by atoms with Crippen molar-refractivity contribution < 1.29 is 0 Å². The quantitative estimate of drug-likeness (QED) is 0.891. The molecule has 1 aromatic heterocycles. The number of thiazole rings is 1. The summed E-state index contributed by atoms with van der Waals surface area (Å²) in [5.41, 5.74) is 2.91. The molecule has 1 aliphatic rings. The van der Waals surface area contributed by atoms with Gasteiger partial charge < -0.3 is 5.32 Å². The molecule has 1 saturated carbocycles. The molecule has 0 unspecified atom stereocenters. The fraction of sp³-hybridized carbons (Fsp3) is 0.500. The fourth-order valence-electron chi connectivity index (χ4n) is 3.52. The molecule has 1 aliphatic carbocycles. The van der Waals surface area contributed by atoms with Crippen LogP contribution in [0.4, 0.5) is 0 Å². The van der Waals surface area contributed by atoms with Gasteiger partial charge in [0.15, 0.2) is 0 Å². The predicted octanol–water partition coefficient (Wildman–Crippen LogP) is 4.29. The summed E-state index contributed by atoms with van der Waals surface area (Å²) in [6, 6.07) is 11.0. The van der Waals surface area contributed by atoms with Crippen molar-refractivity contribution in [2.75, 3.05) is 7.05 Å². The number of nitrogens with zero attached hydrogens (tertiary/aromatic N) is 1. The second kappa shape index (κ2) is 6.29. The molecular weight excluding hydrogens is 276 g/mol. The Morgan fingerprint density at radius 2 is 1.90 bits per heavy atom. The van der Waals surface area contributed by atoms with Crippen molar-refractivity contribution in [3.8, 4) is 0 Å². The van der Waals surface area contributed by atoms with Crippen molar-refractivity contribution in [3.63, 3.8) is 0 Å². The molecule has 0 saturated heterocycles. The van der Waals surface area contributed by atoms with Crippen molar-refractivity contribution in [3.05, 3.63) is 51.5 Å². The van der Waals surface area contributed by atoms with Gasteiger partial charge in [0.05, 0.1) is 5.69 Å². The smallest absolute Gasteiger partial charge is 0.104 e. The maximum atomic E-state index is 5.06. The summed E-state index contributed by atoms with van der Waals surface area (Å²) in [7, 11) is 2.02. The zero-order valence-electron chi connectivity index (χ0n) is 13.0. The molecule has 0 spiro atoms. The van der Waals surface area contributed by atoms with Gasteiger partial charge >= 0.3 is 0 Å². The zero-order valence-corrected chi connectivity index (χ0v) is 13.8. The van der Waals surface area contributed by atoms with Crippen molar-refractivity contribution >= 4 is 11.3 Å². The van der Waals surface area contributed by atoms with Gasteiger partial charge in [0, 0.05) is 16.8 Å². The normalized spacial score (nSPS) is 17.2. The highest BCUT2D eigenvalue weighted by molar-refractivity contribution is 7.12. The molecule has 2 aromatic rings. The van der Waals surface area contributed by atoms with Gasteiger partial charge in [0.25, 0.3) is 0 Å². The summed E-state index contributed by atoms with van der Waals surface area (Å²) in [4.78, 5) is 6.47. The van der Waals surface area contributed by atoms with Crippen LogP contribution in [0.1, 0.15) is 53.7 Å². The molecule has 1 heterocycles. The van der Waals surface area contributed by atoms with E-state index in [1.165, 1.54) is 46.8 Å². The number of benzene rings is 1. The van der Waals surface area contributed by atoms with E-state index in [9.17, 15) is 0 Å². The van der Waals surface area contributed by atoms with Crippen LogP contribution >= 0.6 is 11.3 Å². The molecule has 3 heteroatoms. The van der Waals surface area contributed by atoms with E-state index < -0.39 is 0 Å². The van der Waals surface area contributed by atoms with E-state index in [4.69, 9.17) is 4.98 Å². The maximum Gasteiger partial charge on any atom is 0.104 e. The Bertz CT molecular complexity index is 583. The fourth-order valence-corrected chi connectivity index (χ4v) is 4.96. The molecule has 0 aliphatic heterocycles. The van der Waals surface area contributed by atoms with Gasteiger partial charge in [0.2, 0.25) is 0 Å². The van der Waals surface area contributed by atoms with Crippen LogP contribution in [0.3, 0.4) is 0 Å². The molecule has 0 amide bonds. The zero-order chi connectivity index (χ0) is 14.7. The topological polar surface area (TPSA) is 24.9 Å². The molecule has 1 aromatic carbocycles. The SMILES string of the molecule is CCc1nc(C2(c3ccccc3)CCCC2)sc1CNC. The van der Waals surface area contributed by atoms with E-state index in [-0.39, 0.29) is 5.41 Å². The Morgan fingerprint density at radius 1 is 1.19 bits per heavy atom. The van der Waals surface area contributed by atoms with Gasteiger partial charge in [0.1, 0.15) is 5.01 Å². The van der Waals surface area contributed by atoms with Crippen molar-refractivity contribution in [2.45, 2.75) is 51.0 Å². The molecule has 3 rings (SSSR count). The highest BCUT2D eigenvalue weighted by Gasteiger charge is 2.40. The number of hydrogen-bond donors (Lipinski definition) is 1. The van der Waals surface area contributed by atoms with Crippen molar-refractivity contribution in [1.82, 2.24) is 10.3 Å². The first-order valence-electron chi connectivity index (χ1n) is 7.99.